The van der Waals surface area contributed by atoms with Gasteiger partial charge < -0.3 is 10.1 Å². The number of nitrogens with one attached hydrogen (secondary N) is 1. The predicted molar refractivity (Wildman–Crippen MR) is 82.0 cm³/mol. The molecular formula is C17H26N2O. The van der Waals surface area contributed by atoms with Crippen LogP contribution in [0.4, 0.5) is 0 Å². The second-order valence-corrected chi connectivity index (χ2v) is 6.44. The van der Waals surface area contributed by atoms with Crippen LogP contribution >= 0.6 is 0 Å². The molecule has 1 aromatic carbocycles. The van der Waals surface area contributed by atoms with Crippen molar-refractivity contribution in [3.8, 4) is 0 Å². The number of ether oxygens (including phenoxy) is 1. The minimum absolute atomic E-state index is 0.272. The van der Waals surface area contributed by atoms with E-state index in [-0.39, 0.29) is 5.54 Å². The standard InChI is InChI=1S/C17H26N2O/c1-14-5-6-15(2)16(9-14)10-18-11-17(12-20-13-17)19-7-3-4-8-19/h5-6,9,18H,3-4,7-8,10-13H2,1-2H3. The first kappa shape index (κ1) is 14.1. The Morgan fingerprint density at radius 2 is 1.95 bits per heavy atom. The predicted octanol–water partition coefficient (Wildman–Crippen LogP) is 2.26. The Bertz CT molecular complexity index is 462. The summed E-state index contributed by atoms with van der Waals surface area (Å²) >= 11 is 0. The second kappa shape index (κ2) is 5.84. The first-order valence-corrected chi connectivity index (χ1v) is 7.79. The summed E-state index contributed by atoms with van der Waals surface area (Å²) in [6.07, 6.45) is 2.69. The third-order valence-corrected chi connectivity index (χ3v) is 4.79. The number of benzene rings is 1. The first-order valence-electron chi connectivity index (χ1n) is 7.79. The fourth-order valence-electron chi connectivity index (χ4n) is 3.35. The second-order valence-electron chi connectivity index (χ2n) is 6.44. The molecule has 0 radical (unpaired) electrons. The summed E-state index contributed by atoms with van der Waals surface area (Å²) in [7, 11) is 0. The summed E-state index contributed by atoms with van der Waals surface area (Å²) in [6, 6.07) is 6.70. The third kappa shape index (κ3) is 2.76. The Balaban J connectivity index is 1.57. The van der Waals surface area contributed by atoms with Gasteiger partial charge in [-0.3, -0.25) is 4.90 Å². The molecular weight excluding hydrogens is 248 g/mol. The Labute approximate surface area is 122 Å². The van der Waals surface area contributed by atoms with Gasteiger partial charge in [-0.15, -0.1) is 0 Å². The van der Waals surface area contributed by atoms with E-state index in [1.54, 1.807) is 0 Å². The maximum atomic E-state index is 5.51. The van der Waals surface area contributed by atoms with Crippen molar-refractivity contribution in [3.05, 3.63) is 34.9 Å². The van der Waals surface area contributed by atoms with E-state index >= 15 is 0 Å². The molecule has 1 N–H and O–H groups in total. The molecule has 0 aliphatic carbocycles. The van der Waals surface area contributed by atoms with Crippen LogP contribution in [0.3, 0.4) is 0 Å². The molecule has 0 aromatic heterocycles. The van der Waals surface area contributed by atoms with E-state index in [2.05, 4.69) is 42.3 Å². The Morgan fingerprint density at radius 3 is 2.60 bits per heavy atom. The van der Waals surface area contributed by atoms with E-state index < -0.39 is 0 Å². The van der Waals surface area contributed by atoms with Crippen LogP contribution in [0, 0.1) is 13.8 Å². The number of likely N-dealkylation sites (tertiary alicyclic amines) is 1. The van der Waals surface area contributed by atoms with Crippen molar-refractivity contribution < 1.29 is 4.74 Å². The number of hydrogen-bond donors (Lipinski definition) is 1. The monoisotopic (exact) mass is 274 g/mol. The summed E-state index contributed by atoms with van der Waals surface area (Å²) in [5.74, 6) is 0. The van der Waals surface area contributed by atoms with Gasteiger partial charge >= 0.3 is 0 Å². The lowest BCUT2D eigenvalue weighted by molar-refractivity contribution is -0.131. The molecule has 20 heavy (non-hydrogen) atoms. The highest BCUT2D eigenvalue weighted by Gasteiger charge is 2.44. The first-order chi connectivity index (χ1) is 9.70. The lowest BCUT2D eigenvalue weighted by Gasteiger charge is -2.48. The SMILES string of the molecule is Cc1ccc(C)c(CNCC2(N3CCCC3)COC2)c1. The van der Waals surface area contributed by atoms with E-state index in [0.29, 0.717) is 0 Å². The van der Waals surface area contributed by atoms with Gasteiger partial charge in [0.1, 0.15) is 0 Å². The molecule has 2 aliphatic heterocycles. The van der Waals surface area contributed by atoms with Gasteiger partial charge in [0.25, 0.3) is 0 Å². The Kier molecular flexibility index (Phi) is 4.11. The number of nitrogens with zero attached hydrogens (tertiary/aromatic N) is 1. The van der Waals surface area contributed by atoms with Gasteiger partial charge in [-0.05, 0) is 50.9 Å². The van der Waals surface area contributed by atoms with Crippen molar-refractivity contribution in [3.63, 3.8) is 0 Å². The summed E-state index contributed by atoms with van der Waals surface area (Å²) < 4.78 is 5.51. The molecule has 2 fully saturated rings. The minimum atomic E-state index is 0.272. The van der Waals surface area contributed by atoms with Crippen LogP contribution in [0.5, 0.6) is 0 Å². The van der Waals surface area contributed by atoms with Crippen LogP contribution in [-0.2, 0) is 11.3 Å². The largest absolute Gasteiger partial charge is 0.377 e. The molecule has 2 saturated heterocycles. The molecule has 0 atom stereocenters. The van der Waals surface area contributed by atoms with E-state index in [4.69, 9.17) is 4.74 Å². The average molecular weight is 274 g/mol. The van der Waals surface area contributed by atoms with Gasteiger partial charge in [0.05, 0.1) is 18.8 Å². The van der Waals surface area contributed by atoms with Gasteiger partial charge in [0.2, 0.25) is 0 Å². The van der Waals surface area contributed by atoms with E-state index in [0.717, 1.165) is 26.3 Å². The maximum absolute atomic E-state index is 5.51. The Hall–Kier alpha value is -0.900. The summed E-state index contributed by atoms with van der Waals surface area (Å²) in [4.78, 5) is 2.63. The fraction of sp³-hybridized carbons (Fsp3) is 0.647. The quantitative estimate of drug-likeness (QED) is 0.891. The smallest absolute Gasteiger partial charge is 0.0804 e. The van der Waals surface area contributed by atoms with Crippen LogP contribution in [0.25, 0.3) is 0 Å². The fourth-order valence-corrected chi connectivity index (χ4v) is 3.35. The van der Waals surface area contributed by atoms with E-state index in [1.807, 2.05) is 0 Å². The molecule has 3 heteroatoms. The van der Waals surface area contributed by atoms with Gasteiger partial charge in [-0.25, -0.2) is 0 Å². The highest BCUT2D eigenvalue weighted by molar-refractivity contribution is 5.30. The molecule has 1 aromatic rings. The zero-order valence-electron chi connectivity index (χ0n) is 12.7. The van der Waals surface area contributed by atoms with Crippen molar-refractivity contribution in [2.24, 2.45) is 0 Å². The van der Waals surface area contributed by atoms with Crippen LogP contribution in [0.2, 0.25) is 0 Å². The maximum Gasteiger partial charge on any atom is 0.0804 e. The van der Waals surface area contributed by atoms with Crippen molar-refractivity contribution in [1.82, 2.24) is 10.2 Å². The van der Waals surface area contributed by atoms with E-state index in [1.165, 1.54) is 42.6 Å². The zero-order chi connectivity index (χ0) is 14.0. The molecule has 2 aliphatic rings. The van der Waals surface area contributed by atoms with Crippen molar-refractivity contribution in [1.29, 1.82) is 0 Å². The third-order valence-electron chi connectivity index (χ3n) is 4.79. The number of hydrogen-bond acceptors (Lipinski definition) is 3. The van der Waals surface area contributed by atoms with Gasteiger partial charge in [0, 0.05) is 13.1 Å². The van der Waals surface area contributed by atoms with Crippen LogP contribution in [0.15, 0.2) is 18.2 Å². The van der Waals surface area contributed by atoms with Crippen molar-refractivity contribution in [2.45, 2.75) is 38.8 Å². The lowest BCUT2D eigenvalue weighted by Crippen LogP contribution is -2.66. The summed E-state index contributed by atoms with van der Waals surface area (Å²) in [6.45, 7) is 10.6. The topological polar surface area (TPSA) is 24.5 Å². The highest BCUT2D eigenvalue weighted by Crippen LogP contribution is 2.28. The molecule has 0 saturated carbocycles. The molecule has 3 rings (SSSR count). The molecule has 0 bridgehead atoms. The molecule has 0 unspecified atom stereocenters. The molecule has 110 valence electrons. The molecule has 0 amide bonds. The lowest BCUT2D eigenvalue weighted by atomic mass is 9.95. The summed E-state index contributed by atoms with van der Waals surface area (Å²) in [5.41, 5.74) is 4.41. The highest BCUT2D eigenvalue weighted by atomic mass is 16.5. The van der Waals surface area contributed by atoms with Gasteiger partial charge in [-0.2, -0.15) is 0 Å². The Morgan fingerprint density at radius 1 is 1.20 bits per heavy atom. The van der Waals surface area contributed by atoms with E-state index in [9.17, 15) is 0 Å². The van der Waals surface area contributed by atoms with Crippen LogP contribution in [-0.4, -0.2) is 43.3 Å². The van der Waals surface area contributed by atoms with Crippen LogP contribution in [0.1, 0.15) is 29.5 Å². The van der Waals surface area contributed by atoms with Crippen molar-refractivity contribution >= 4 is 0 Å². The average Bonchev–Trinajstić information content (AvgIpc) is 2.91. The molecule has 2 heterocycles. The van der Waals surface area contributed by atoms with Crippen LogP contribution < -0.4 is 5.32 Å². The number of rotatable bonds is 5. The number of aryl methyl sites for hydroxylation is 2. The normalized spacial score (nSPS) is 21.9. The molecule has 0 spiro atoms. The van der Waals surface area contributed by atoms with Gasteiger partial charge in [0.15, 0.2) is 0 Å². The summed E-state index contributed by atoms with van der Waals surface area (Å²) in [5, 5.41) is 3.67. The zero-order valence-corrected chi connectivity index (χ0v) is 12.7. The molecule has 3 nitrogen and oxygen atoms in total. The van der Waals surface area contributed by atoms with Gasteiger partial charge in [-0.1, -0.05) is 23.8 Å². The van der Waals surface area contributed by atoms with Crippen molar-refractivity contribution in [2.75, 3.05) is 32.8 Å². The minimum Gasteiger partial charge on any atom is -0.377 e.